The zero-order valence-corrected chi connectivity index (χ0v) is 17.9. The van der Waals surface area contributed by atoms with Gasteiger partial charge in [0.25, 0.3) is 5.91 Å². The molecule has 0 unspecified atom stereocenters. The molecule has 0 saturated heterocycles. The van der Waals surface area contributed by atoms with Crippen LogP contribution in [0.2, 0.25) is 0 Å². The molecule has 8 nitrogen and oxygen atoms in total. The maximum absolute atomic E-state index is 13.2. The summed E-state index contributed by atoms with van der Waals surface area (Å²) >= 11 is 0. The minimum atomic E-state index is -0.316. The molecule has 2 aromatic heterocycles. The second-order valence-electron chi connectivity index (χ2n) is 6.78. The Kier molecular flexibility index (Phi) is 6.03. The number of hydrogen-bond acceptors (Lipinski definition) is 6. The van der Waals surface area contributed by atoms with Gasteiger partial charge in [0.05, 0.1) is 44.5 Å². The van der Waals surface area contributed by atoms with Crippen molar-refractivity contribution in [3.05, 3.63) is 78.6 Å². The fourth-order valence-electron chi connectivity index (χ4n) is 3.22. The first-order chi connectivity index (χ1) is 15.6. The molecule has 0 atom stereocenters. The molecular formula is C24H22N4O4. The average molecular weight is 430 g/mol. The molecule has 4 aromatic rings. The molecule has 8 heteroatoms. The van der Waals surface area contributed by atoms with Crippen LogP contribution in [0.1, 0.15) is 10.4 Å². The molecule has 2 heterocycles. The molecule has 0 aliphatic rings. The molecule has 0 saturated carbocycles. The van der Waals surface area contributed by atoms with Crippen LogP contribution in [-0.2, 0) is 0 Å². The lowest BCUT2D eigenvalue weighted by Gasteiger charge is -2.10. The van der Waals surface area contributed by atoms with Crippen molar-refractivity contribution >= 4 is 11.6 Å². The zero-order valence-electron chi connectivity index (χ0n) is 17.9. The van der Waals surface area contributed by atoms with Crippen LogP contribution >= 0.6 is 0 Å². The van der Waals surface area contributed by atoms with Gasteiger partial charge in [0.2, 0.25) is 5.88 Å². The molecule has 2 aromatic carbocycles. The summed E-state index contributed by atoms with van der Waals surface area (Å²) in [6.07, 6.45) is 3.24. The van der Waals surface area contributed by atoms with Crippen molar-refractivity contribution in [2.45, 2.75) is 0 Å². The standard InChI is InChI=1S/C24H22N4O4/c1-30-20-11-9-16(13-21(20)31-2)23-19(15-28(27-23)18-7-5-4-6-8-18)24(29)26-17-10-12-22(32-3)25-14-17/h4-15H,1-3H3,(H,26,29). The molecule has 4 rings (SSSR count). The molecule has 0 aliphatic heterocycles. The maximum Gasteiger partial charge on any atom is 0.259 e. The number of nitrogens with zero attached hydrogens (tertiary/aromatic N) is 3. The van der Waals surface area contributed by atoms with Crippen LogP contribution in [0.25, 0.3) is 16.9 Å². The molecule has 0 fully saturated rings. The number of amides is 1. The van der Waals surface area contributed by atoms with Gasteiger partial charge >= 0.3 is 0 Å². The van der Waals surface area contributed by atoms with Crippen molar-refractivity contribution in [1.82, 2.24) is 14.8 Å². The number of carbonyl (C=O) groups excluding carboxylic acids is 1. The normalized spacial score (nSPS) is 10.5. The number of methoxy groups -OCH3 is 3. The number of ether oxygens (including phenoxy) is 3. The number of anilines is 1. The molecule has 0 bridgehead atoms. The van der Waals surface area contributed by atoms with Crippen molar-refractivity contribution in [2.24, 2.45) is 0 Å². The van der Waals surface area contributed by atoms with Gasteiger partial charge in [-0.2, -0.15) is 5.10 Å². The fourth-order valence-corrected chi connectivity index (χ4v) is 3.22. The van der Waals surface area contributed by atoms with Crippen LogP contribution in [0.15, 0.2) is 73.1 Å². The Hall–Kier alpha value is -4.33. The fraction of sp³-hybridized carbons (Fsp3) is 0.125. The quantitative estimate of drug-likeness (QED) is 0.473. The summed E-state index contributed by atoms with van der Waals surface area (Å²) in [5.41, 5.74) is 3.00. The number of benzene rings is 2. The third-order valence-electron chi connectivity index (χ3n) is 4.84. The Morgan fingerprint density at radius 2 is 1.69 bits per heavy atom. The molecule has 1 amide bonds. The summed E-state index contributed by atoms with van der Waals surface area (Å²) in [7, 11) is 4.67. The molecule has 162 valence electrons. The first kappa shape index (κ1) is 20.9. The number of para-hydroxylation sites is 1. The lowest BCUT2D eigenvalue weighted by Crippen LogP contribution is -2.12. The van der Waals surface area contributed by atoms with Gasteiger partial charge in [-0.15, -0.1) is 0 Å². The second kappa shape index (κ2) is 9.22. The highest BCUT2D eigenvalue weighted by atomic mass is 16.5. The minimum absolute atomic E-state index is 0.316. The van der Waals surface area contributed by atoms with Gasteiger partial charge in [0.15, 0.2) is 11.5 Å². The van der Waals surface area contributed by atoms with Crippen LogP contribution in [-0.4, -0.2) is 42.0 Å². The van der Waals surface area contributed by atoms with Gasteiger partial charge in [-0.05, 0) is 36.4 Å². The van der Waals surface area contributed by atoms with Crippen LogP contribution in [0, 0.1) is 0 Å². The number of pyridine rings is 1. The van der Waals surface area contributed by atoms with E-state index >= 15 is 0 Å². The molecule has 1 N–H and O–H groups in total. The highest BCUT2D eigenvalue weighted by molar-refractivity contribution is 6.08. The zero-order chi connectivity index (χ0) is 22.5. The number of carbonyl (C=O) groups is 1. The van der Waals surface area contributed by atoms with E-state index in [2.05, 4.69) is 10.3 Å². The van der Waals surface area contributed by atoms with E-state index in [0.29, 0.717) is 34.3 Å². The largest absolute Gasteiger partial charge is 0.493 e. The number of nitrogens with one attached hydrogen (secondary N) is 1. The van der Waals surface area contributed by atoms with Crippen molar-refractivity contribution < 1.29 is 19.0 Å². The van der Waals surface area contributed by atoms with Crippen LogP contribution in [0.3, 0.4) is 0 Å². The predicted octanol–water partition coefficient (Wildman–Crippen LogP) is 4.21. The lowest BCUT2D eigenvalue weighted by molar-refractivity contribution is 0.102. The first-order valence-corrected chi connectivity index (χ1v) is 9.82. The predicted molar refractivity (Wildman–Crippen MR) is 121 cm³/mol. The van der Waals surface area contributed by atoms with E-state index in [1.165, 1.54) is 13.3 Å². The maximum atomic E-state index is 13.2. The summed E-state index contributed by atoms with van der Waals surface area (Å²) in [5.74, 6) is 1.29. The smallest absolute Gasteiger partial charge is 0.259 e. The molecule has 0 aliphatic carbocycles. The highest BCUT2D eigenvalue weighted by Crippen LogP contribution is 2.33. The highest BCUT2D eigenvalue weighted by Gasteiger charge is 2.20. The summed E-state index contributed by atoms with van der Waals surface area (Å²) < 4.78 is 17.5. The van der Waals surface area contributed by atoms with E-state index in [0.717, 1.165) is 11.3 Å². The Morgan fingerprint density at radius 3 is 2.34 bits per heavy atom. The Balaban J connectivity index is 1.76. The van der Waals surface area contributed by atoms with Crippen molar-refractivity contribution in [2.75, 3.05) is 26.6 Å². The van der Waals surface area contributed by atoms with Crippen LogP contribution in [0.5, 0.6) is 17.4 Å². The molecule has 32 heavy (non-hydrogen) atoms. The van der Waals surface area contributed by atoms with Gasteiger partial charge in [0.1, 0.15) is 5.69 Å². The number of rotatable bonds is 7. The van der Waals surface area contributed by atoms with E-state index in [-0.39, 0.29) is 5.91 Å². The summed E-state index contributed by atoms with van der Waals surface area (Å²) in [5, 5.41) is 7.56. The Morgan fingerprint density at radius 1 is 0.906 bits per heavy atom. The van der Waals surface area contributed by atoms with E-state index in [1.807, 2.05) is 36.4 Å². The van der Waals surface area contributed by atoms with Crippen LogP contribution in [0.4, 0.5) is 5.69 Å². The number of aromatic nitrogens is 3. The second-order valence-corrected chi connectivity index (χ2v) is 6.78. The van der Waals surface area contributed by atoms with Gasteiger partial charge in [-0.3, -0.25) is 4.79 Å². The average Bonchev–Trinajstić information content (AvgIpc) is 3.30. The van der Waals surface area contributed by atoms with E-state index in [9.17, 15) is 4.79 Å². The Bertz CT molecular complexity index is 1220. The van der Waals surface area contributed by atoms with E-state index in [1.54, 1.807) is 49.4 Å². The molecule has 0 spiro atoms. The van der Waals surface area contributed by atoms with Crippen molar-refractivity contribution in [3.63, 3.8) is 0 Å². The van der Waals surface area contributed by atoms with Crippen molar-refractivity contribution in [1.29, 1.82) is 0 Å². The lowest BCUT2D eigenvalue weighted by atomic mass is 10.1. The molecule has 0 radical (unpaired) electrons. The van der Waals surface area contributed by atoms with Gasteiger partial charge in [-0.1, -0.05) is 18.2 Å². The van der Waals surface area contributed by atoms with Gasteiger partial charge in [-0.25, -0.2) is 9.67 Å². The van der Waals surface area contributed by atoms with E-state index in [4.69, 9.17) is 19.3 Å². The third-order valence-corrected chi connectivity index (χ3v) is 4.84. The van der Waals surface area contributed by atoms with Crippen LogP contribution < -0.4 is 19.5 Å². The molecular weight excluding hydrogens is 408 g/mol. The topological polar surface area (TPSA) is 87.5 Å². The van der Waals surface area contributed by atoms with Gasteiger partial charge < -0.3 is 19.5 Å². The summed E-state index contributed by atoms with van der Waals surface area (Å²) in [4.78, 5) is 17.3. The van der Waals surface area contributed by atoms with Crippen molar-refractivity contribution in [3.8, 4) is 34.3 Å². The summed E-state index contributed by atoms with van der Waals surface area (Å²) in [6, 6.07) is 18.4. The van der Waals surface area contributed by atoms with E-state index < -0.39 is 0 Å². The monoisotopic (exact) mass is 430 g/mol. The first-order valence-electron chi connectivity index (χ1n) is 9.82. The minimum Gasteiger partial charge on any atom is -0.493 e. The SMILES string of the molecule is COc1ccc(NC(=O)c2cn(-c3ccccc3)nc2-c2ccc(OC)c(OC)c2)cn1. The van der Waals surface area contributed by atoms with Gasteiger partial charge in [0, 0.05) is 17.8 Å². The third kappa shape index (κ3) is 4.24. The summed E-state index contributed by atoms with van der Waals surface area (Å²) in [6.45, 7) is 0. The number of hydrogen-bond donors (Lipinski definition) is 1. The Labute approximate surface area is 185 Å².